The number of methoxy groups -OCH3 is 1. The molecule has 1 fully saturated rings. The number of nitrogens with one attached hydrogen (secondary N) is 3. The standard InChI is InChI=1S/C20H27N3O5/c1-4-12(2)17(20(27)28-3)23-16(24)11-15-19(26)21-14(18(25)22-15)10-13-8-6-5-7-9-13/h5-9,12,14-15,17H,4,10-11H2,1-3H3,(H,21,26)(H,22,25)(H,23,24)/t12-,14+,15+,17-/m1/s1. The lowest BCUT2D eigenvalue weighted by atomic mass is 9.98. The topological polar surface area (TPSA) is 114 Å². The van der Waals surface area contributed by atoms with Crippen molar-refractivity contribution in [2.75, 3.05) is 7.11 Å². The summed E-state index contributed by atoms with van der Waals surface area (Å²) < 4.78 is 4.73. The minimum Gasteiger partial charge on any atom is -0.467 e. The third kappa shape index (κ3) is 5.55. The summed E-state index contributed by atoms with van der Waals surface area (Å²) >= 11 is 0. The van der Waals surface area contributed by atoms with Crippen molar-refractivity contribution < 1.29 is 23.9 Å². The zero-order valence-electron chi connectivity index (χ0n) is 16.4. The van der Waals surface area contributed by atoms with E-state index >= 15 is 0 Å². The van der Waals surface area contributed by atoms with E-state index in [1.54, 1.807) is 0 Å². The molecule has 0 spiro atoms. The number of amides is 3. The summed E-state index contributed by atoms with van der Waals surface area (Å²) in [5.74, 6) is -1.93. The highest BCUT2D eigenvalue weighted by molar-refractivity contribution is 5.99. The van der Waals surface area contributed by atoms with Gasteiger partial charge in [-0.1, -0.05) is 50.6 Å². The maximum Gasteiger partial charge on any atom is 0.328 e. The van der Waals surface area contributed by atoms with Gasteiger partial charge < -0.3 is 20.7 Å². The molecule has 0 radical (unpaired) electrons. The normalized spacial score (nSPS) is 21.1. The van der Waals surface area contributed by atoms with E-state index in [-0.39, 0.29) is 18.2 Å². The van der Waals surface area contributed by atoms with Gasteiger partial charge in [0.1, 0.15) is 18.1 Å². The third-order valence-electron chi connectivity index (χ3n) is 4.92. The van der Waals surface area contributed by atoms with Gasteiger partial charge in [-0.3, -0.25) is 14.4 Å². The van der Waals surface area contributed by atoms with Gasteiger partial charge in [-0.2, -0.15) is 0 Å². The molecule has 1 aliphatic heterocycles. The molecular weight excluding hydrogens is 362 g/mol. The van der Waals surface area contributed by atoms with Crippen LogP contribution < -0.4 is 16.0 Å². The fourth-order valence-corrected chi connectivity index (χ4v) is 3.03. The van der Waals surface area contributed by atoms with Gasteiger partial charge in [0.05, 0.1) is 13.5 Å². The van der Waals surface area contributed by atoms with Crippen molar-refractivity contribution in [2.24, 2.45) is 5.92 Å². The predicted molar refractivity (Wildman–Crippen MR) is 102 cm³/mol. The van der Waals surface area contributed by atoms with Crippen LogP contribution in [0.15, 0.2) is 30.3 Å². The number of ether oxygens (including phenoxy) is 1. The first-order chi connectivity index (χ1) is 13.3. The van der Waals surface area contributed by atoms with Crippen LogP contribution in [0.5, 0.6) is 0 Å². The number of esters is 1. The van der Waals surface area contributed by atoms with Gasteiger partial charge in [-0.15, -0.1) is 0 Å². The summed E-state index contributed by atoms with van der Waals surface area (Å²) in [6.07, 6.45) is 0.789. The first-order valence-corrected chi connectivity index (χ1v) is 9.37. The molecule has 0 bridgehead atoms. The van der Waals surface area contributed by atoms with E-state index in [9.17, 15) is 19.2 Å². The zero-order valence-corrected chi connectivity index (χ0v) is 16.4. The Morgan fingerprint density at radius 3 is 2.32 bits per heavy atom. The van der Waals surface area contributed by atoms with Crippen LogP contribution in [0, 0.1) is 5.92 Å². The summed E-state index contributed by atoms with van der Waals surface area (Å²) in [7, 11) is 1.26. The number of piperazine rings is 1. The summed E-state index contributed by atoms with van der Waals surface area (Å²) in [6, 6.07) is 6.89. The zero-order chi connectivity index (χ0) is 20.7. The molecule has 0 aliphatic carbocycles. The second kappa shape index (κ2) is 9.87. The summed E-state index contributed by atoms with van der Waals surface area (Å²) in [4.78, 5) is 48.9. The van der Waals surface area contributed by atoms with Gasteiger partial charge in [-0.25, -0.2) is 4.79 Å². The highest BCUT2D eigenvalue weighted by atomic mass is 16.5. The molecule has 1 aromatic carbocycles. The molecule has 1 saturated heterocycles. The van der Waals surface area contributed by atoms with Crippen LogP contribution in [-0.2, 0) is 30.3 Å². The van der Waals surface area contributed by atoms with E-state index < -0.39 is 35.9 Å². The van der Waals surface area contributed by atoms with Crippen molar-refractivity contribution in [1.29, 1.82) is 0 Å². The molecule has 4 atom stereocenters. The summed E-state index contributed by atoms with van der Waals surface area (Å²) in [6.45, 7) is 3.72. The molecule has 0 saturated carbocycles. The predicted octanol–water partition coefficient (Wildman–Crippen LogP) is 0.306. The van der Waals surface area contributed by atoms with Crippen LogP contribution in [0.4, 0.5) is 0 Å². The van der Waals surface area contributed by atoms with Crippen molar-refractivity contribution in [3.8, 4) is 0 Å². The molecule has 1 heterocycles. The molecule has 1 aromatic rings. The van der Waals surface area contributed by atoms with Gasteiger partial charge in [-0.05, 0) is 11.5 Å². The smallest absolute Gasteiger partial charge is 0.328 e. The van der Waals surface area contributed by atoms with E-state index in [1.807, 2.05) is 44.2 Å². The Balaban J connectivity index is 1.94. The van der Waals surface area contributed by atoms with Crippen molar-refractivity contribution >= 4 is 23.7 Å². The molecule has 2 rings (SSSR count). The Morgan fingerprint density at radius 2 is 1.71 bits per heavy atom. The summed E-state index contributed by atoms with van der Waals surface area (Å²) in [5, 5.41) is 7.88. The first-order valence-electron chi connectivity index (χ1n) is 9.37. The van der Waals surface area contributed by atoms with Crippen molar-refractivity contribution in [3.05, 3.63) is 35.9 Å². The maximum absolute atomic E-state index is 12.3. The average molecular weight is 389 g/mol. The molecule has 8 nitrogen and oxygen atoms in total. The Hall–Kier alpha value is -2.90. The number of benzene rings is 1. The molecule has 3 N–H and O–H groups in total. The fourth-order valence-electron chi connectivity index (χ4n) is 3.03. The number of carbonyl (C=O) groups is 4. The Labute approximate surface area is 164 Å². The highest BCUT2D eigenvalue weighted by Gasteiger charge is 2.36. The number of rotatable bonds is 8. The molecule has 1 aliphatic rings. The van der Waals surface area contributed by atoms with Crippen LogP contribution in [0.2, 0.25) is 0 Å². The molecule has 8 heteroatoms. The highest BCUT2D eigenvalue weighted by Crippen LogP contribution is 2.11. The molecular formula is C20H27N3O5. The third-order valence-corrected chi connectivity index (χ3v) is 4.92. The minimum atomic E-state index is -0.977. The van der Waals surface area contributed by atoms with Crippen LogP contribution in [0.1, 0.15) is 32.3 Å². The quantitative estimate of drug-likeness (QED) is 0.554. The number of hydrogen-bond acceptors (Lipinski definition) is 5. The minimum absolute atomic E-state index is 0.124. The number of hydrogen-bond donors (Lipinski definition) is 3. The van der Waals surface area contributed by atoms with Gasteiger partial charge >= 0.3 is 5.97 Å². The second-order valence-corrected chi connectivity index (χ2v) is 6.97. The molecule has 152 valence electrons. The van der Waals surface area contributed by atoms with Crippen LogP contribution in [0.25, 0.3) is 0 Å². The van der Waals surface area contributed by atoms with E-state index in [4.69, 9.17) is 4.74 Å². The molecule has 3 amide bonds. The molecule has 0 unspecified atom stereocenters. The maximum atomic E-state index is 12.3. The Kier molecular flexibility index (Phi) is 7.54. The Morgan fingerprint density at radius 1 is 1.11 bits per heavy atom. The van der Waals surface area contributed by atoms with Gasteiger partial charge in [0, 0.05) is 6.42 Å². The lowest BCUT2D eigenvalue weighted by Crippen LogP contribution is -2.63. The first kappa shape index (κ1) is 21.4. The van der Waals surface area contributed by atoms with Crippen molar-refractivity contribution in [3.63, 3.8) is 0 Å². The van der Waals surface area contributed by atoms with Gasteiger partial charge in [0.25, 0.3) is 0 Å². The lowest BCUT2D eigenvalue weighted by Gasteiger charge is -2.30. The number of carbonyl (C=O) groups excluding carboxylic acids is 4. The van der Waals surface area contributed by atoms with E-state index in [1.165, 1.54) is 7.11 Å². The second-order valence-electron chi connectivity index (χ2n) is 6.97. The van der Waals surface area contributed by atoms with Crippen molar-refractivity contribution in [1.82, 2.24) is 16.0 Å². The van der Waals surface area contributed by atoms with E-state index in [0.29, 0.717) is 12.8 Å². The lowest BCUT2D eigenvalue weighted by molar-refractivity contribution is -0.147. The SMILES string of the molecule is CC[C@@H](C)[C@@H](NC(=O)C[C@@H]1NC(=O)[C@H](Cc2ccccc2)NC1=O)C(=O)OC. The molecule has 0 aromatic heterocycles. The van der Waals surface area contributed by atoms with Crippen LogP contribution in [-0.4, -0.2) is 48.9 Å². The van der Waals surface area contributed by atoms with Gasteiger partial charge in [0.2, 0.25) is 17.7 Å². The molecule has 28 heavy (non-hydrogen) atoms. The van der Waals surface area contributed by atoms with Crippen LogP contribution in [0.3, 0.4) is 0 Å². The fraction of sp³-hybridized carbons (Fsp3) is 0.500. The monoisotopic (exact) mass is 389 g/mol. The van der Waals surface area contributed by atoms with Crippen LogP contribution >= 0.6 is 0 Å². The largest absolute Gasteiger partial charge is 0.467 e. The van der Waals surface area contributed by atoms with Gasteiger partial charge in [0.15, 0.2) is 0 Å². The van der Waals surface area contributed by atoms with E-state index in [2.05, 4.69) is 16.0 Å². The average Bonchev–Trinajstić information content (AvgIpc) is 2.69. The van der Waals surface area contributed by atoms with E-state index in [0.717, 1.165) is 5.56 Å². The summed E-state index contributed by atoms with van der Waals surface area (Å²) in [5.41, 5.74) is 0.925. The van der Waals surface area contributed by atoms with Crippen molar-refractivity contribution in [2.45, 2.75) is 51.2 Å². The Bertz CT molecular complexity index is 722.